The first-order valence-corrected chi connectivity index (χ1v) is 11.6. The standard InChI is InChI=1S/C25H23F2N5O3/c26-18-11-16(15-3-4-21(19(27)10-15)30-6-8-35-9-7-30)12-20-17(18)13-32(29-20)24(25(33)34)23-22-2-1-5-31(22)14-28-23/h3-4,10-14,24H,1-2,5-9H2,(H,33,34). The van der Waals surface area contributed by atoms with Gasteiger partial charge in [-0.3, -0.25) is 4.68 Å². The molecule has 6 rings (SSSR count). The molecule has 0 spiro atoms. The van der Waals surface area contributed by atoms with Crippen LogP contribution in [0.2, 0.25) is 0 Å². The number of aliphatic carboxylic acids is 1. The number of ether oxygens (including phenoxy) is 1. The molecule has 2 aliphatic rings. The van der Waals surface area contributed by atoms with Gasteiger partial charge in [0.2, 0.25) is 0 Å². The first-order valence-electron chi connectivity index (χ1n) is 11.6. The van der Waals surface area contributed by atoms with Gasteiger partial charge in [0.05, 0.1) is 41.8 Å². The summed E-state index contributed by atoms with van der Waals surface area (Å²) in [7, 11) is 0. The van der Waals surface area contributed by atoms with Gasteiger partial charge in [-0.2, -0.15) is 5.10 Å². The lowest BCUT2D eigenvalue weighted by atomic mass is 10.0. The molecule has 0 radical (unpaired) electrons. The Labute approximate surface area is 199 Å². The van der Waals surface area contributed by atoms with Crippen LogP contribution in [0.4, 0.5) is 14.5 Å². The molecule has 180 valence electrons. The zero-order valence-corrected chi connectivity index (χ0v) is 18.8. The van der Waals surface area contributed by atoms with E-state index in [9.17, 15) is 14.3 Å². The second kappa shape index (κ2) is 8.46. The van der Waals surface area contributed by atoms with E-state index in [-0.39, 0.29) is 5.39 Å². The molecule has 4 heterocycles. The summed E-state index contributed by atoms with van der Waals surface area (Å²) in [6.45, 7) is 3.11. The molecule has 1 fully saturated rings. The quantitative estimate of drug-likeness (QED) is 0.471. The lowest BCUT2D eigenvalue weighted by Gasteiger charge is -2.29. The third-order valence-electron chi connectivity index (χ3n) is 6.77. The Kier molecular flexibility index (Phi) is 5.25. The number of hydrogen-bond acceptors (Lipinski definition) is 5. The van der Waals surface area contributed by atoms with Crippen LogP contribution in [-0.4, -0.2) is 56.7 Å². The molecule has 2 aromatic heterocycles. The summed E-state index contributed by atoms with van der Waals surface area (Å²) < 4.78 is 38.6. The van der Waals surface area contributed by atoms with Crippen LogP contribution in [0.3, 0.4) is 0 Å². The highest BCUT2D eigenvalue weighted by molar-refractivity contribution is 5.86. The van der Waals surface area contributed by atoms with Crippen molar-refractivity contribution in [3.05, 3.63) is 65.9 Å². The average Bonchev–Trinajstić information content (AvgIpc) is 3.57. The number of hydrogen-bond donors (Lipinski definition) is 1. The molecule has 1 unspecified atom stereocenters. The predicted molar refractivity (Wildman–Crippen MR) is 124 cm³/mol. The van der Waals surface area contributed by atoms with Crippen LogP contribution in [0.1, 0.15) is 23.9 Å². The largest absolute Gasteiger partial charge is 0.479 e. The summed E-state index contributed by atoms with van der Waals surface area (Å²) >= 11 is 0. The molecule has 1 atom stereocenters. The smallest absolute Gasteiger partial charge is 0.334 e. The monoisotopic (exact) mass is 479 g/mol. The van der Waals surface area contributed by atoms with E-state index in [1.807, 2.05) is 9.47 Å². The van der Waals surface area contributed by atoms with Gasteiger partial charge in [0.25, 0.3) is 0 Å². The molecule has 1 N–H and O–H groups in total. The molecule has 0 aliphatic carbocycles. The minimum Gasteiger partial charge on any atom is -0.479 e. The van der Waals surface area contributed by atoms with E-state index in [0.29, 0.717) is 54.3 Å². The minimum absolute atomic E-state index is 0.196. The van der Waals surface area contributed by atoms with Crippen molar-refractivity contribution in [1.82, 2.24) is 19.3 Å². The lowest BCUT2D eigenvalue weighted by molar-refractivity contribution is -0.139. The third kappa shape index (κ3) is 3.74. The van der Waals surface area contributed by atoms with Crippen molar-refractivity contribution in [2.45, 2.75) is 25.4 Å². The van der Waals surface area contributed by atoms with Crippen molar-refractivity contribution in [3.63, 3.8) is 0 Å². The molecule has 8 nitrogen and oxygen atoms in total. The summed E-state index contributed by atoms with van der Waals surface area (Å²) in [6, 6.07) is 6.63. The SMILES string of the molecule is O=C(O)C(c1ncn2c1CCC2)n1cc2c(F)cc(-c3ccc(N4CCOCC4)c(F)c3)cc2n1. The van der Waals surface area contributed by atoms with Crippen LogP contribution in [0.25, 0.3) is 22.0 Å². The second-order valence-electron chi connectivity index (χ2n) is 8.88. The molecule has 35 heavy (non-hydrogen) atoms. The molecule has 1 saturated heterocycles. The van der Waals surface area contributed by atoms with Gasteiger partial charge in [0.15, 0.2) is 6.04 Å². The number of carboxylic acids is 1. The number of carbonyl (C=O) groups is 1. The summed E-state index contributed by atoms with van der Waals surface area (Å²) in [6.07, 6.45) is 4.71. The number of carboxylic acid groups (broad SMARTS) is 1. The summed E-state index contributed by atoms with van der Waals surface area (Å²) in [5.41, 5.74) is 3.04. The fourth-order valence-electron chi connectivity index (χ4n) is 5.03. The second-order valence-corrected chi connectivity index (χ2v) is 8.88. The van der Waals surface area contributed by atoms with Crippen LogP contribution in [0.5, 0.6) is 0 Å². The van der Waals surface area contributed by atoms with Gasteiger partial charge < -0.3 is 19.3 Å². The molecule has 2 aliphatic heterocycles. The van der Waals surface area contributed by atoms with Gasteiger partial charge in [-0.25, -0.2) is 18.6 Å². The van der Waals surface area contributed by atoms with Gasteiger partial charge in [0.1, 0.15) is 11.6 Å². The predicted octanol–water partition coefficient (Wildman–Crippen LogP) is 3.63. The number of halogens is 2. The molecule has 2 aromatic carbocycles. The lowest BCUT2D eigenvalue weighted by Crippen LogP contribution is -2.36. The third-order valence-corrected chi connectivity index (χ3v) is 6.77. The molecule has 0 saturated carbocycles. The van der Waals surface area contributed by atoms with E-state index < -0.39 is 23.6 Å². The van der Waals surface area contributed by atoms with Crippen molar-refractivity contribution < 1.29 is 23.4 Å². The number of benzene rings is 2. The van der Waals surface area contributed by atoms with Crippen molar-refractivity contribution in [2.75, 3.05) is 31.2 Å². The Morgan fingerprint density at radius 3 is 2.63 bits per heavy atom. The summed E-state index contributed by atoms with van der Waals surface area (Å²) in [4.78, 5) is 18.4. The Morgan fingerprint density at radius 1 is 1.06 bits per heavy atom. The van der Waals surface area contributed by atoms with Crippen molar-refractivity contribution in [1.29, 1.82) is 0 Å². The number of aryl methyl sites for hydroxylation is 1. The zero-order chi connectivity index (χ0) is 24.1. The molecule has 0 amide bonds. The van der Waals surface area contributed by atoms with Gasteiger partial charge >= 0.3 is 5.97 Å². The molecule has 0 bridgehead atoms. The maximum absolute atomic E-state index is 15.1. The normalized spacial score (nSPS) is 16.6. The van der Waals surface area contributed by atoms with Crippen LogP contribution in [-0.2, 0) is 22.5 Å². The Morgan fingerprint density at radius 2 is 1.86 bits per heavy atom. The first-order chi connectivity index (χ1) is 17.0. The van der Waals surface area contributed by atoms with Gasteiger partial charge in [-0.1, -0.05) is 6.07 Å². The maximum atomic E-state index is 15.1. The molecule has 10 heteroatoms. The van der Waals surface area contributed by atoms with Gasteiger partial charge in [0, 0.05) is 31.5 Å². The van der Waals surface area contributed by atoms with Crippen molar-refractivity contribution in [2.24, 2.45) is 0 Å². The highest BCUT2D eigenvalue weighted by Crippen LogP contribution is 2.32. The van der Waals surface area contributed by atoms with Crippen LogP contribution < -0.4 is 4.90 Å². The van der Waals surface area contributed by atoms with Crippen LogP contribution in [0.15, 0.2) is 42.9 Å². The van der Waals surface area contributed by atoms with E-state index in [4.69, 9.17) is 4.74 Å². The van der Waals surface area contributed by atoms with E-state index in [1.165, 1.54) is 23.0 Å². The number of imidazole rings is 1. The maximum Gasteiger partial charge on any atom is 0.334 e. The van der Waals surface area contributed by atoms with Gasteiger partial charge in [-0.05, 0) is 48.2 Å². The van der Waals surface area contributed by atoms with Crippen molar-refractivity contribution in [3.8, 4) is 11.1 Å². The van der Waals surface area contributed by atoms with E-state index in [2.05, 4.69) is 10.1 Å². The van der Waals surface area contributed by atoms with Gasteiger partial charge in [-0.15, -0.1) is 0 Å². The highest BCUT2D eigenvalue weighted by atomic mass is 19.1. The number of aromatic nitrogens is 4. The fourth-order valence-corrected chi connectivity index (χ4v) is 5.03. The zero-order valence-electron chi connectivity index (χ0n) is 18.8. The van der Waals surface area contributed by atoms with Crippen LogP contribution >= 0.6 is 0 Å². The number of rotatable bonds is 5. The molecular formula is C25H23F2N5O3. The van der Waals surface area contributed by atoms with Crippen LogP contribution in [0, 0.1) is 11.6 Å². The summed E-state index contributed by atoms with van der Waals surface area (Å²) in [5, 5.41) is 14.6. The topological polar surface area (TPSA) is 85.4 Å². The highest BCUT2D eigenvalue weighted by Gasteiger charge is 2.31. The number of morpholine rings is 1. The molecular weight excluding hydrogens is 456 g/mol. The van der Waals surface area contributed by atoms with E-state index in [0.717, 1.165) is 25.1 Å². The number of fused-ring (bicyclic) bond motifs is 2. The average molecular weight is 479 g/mol. The van der Waals surface area contributed by atoms with E-state index >= 15 is 4.39 Å². The minimum atomic E-state index is -1.16. The van der Waals surface area contributed by atoms with E-state index in [1.54, 1.807) is 24.5 Å². The van der Waals surface area contributed by atoms with Crippen molar-refractivity contribution >= 4 is 22.6 Å². The Balaban J connectivity index is 1.37. The Bertz CT molecular complexity index is 1440. The fraction of sp³-hybridized carbons (Fsp3) is 0.320. The Hall–Kier alpha value is -3.79. The summed E-state index contributed by atoms with van der Waals surface area (Å²) in [5.74, 6) is -2.07. The molecule has 4 aromatic rings. The number of nitrogens with zero attached hydrogens (tertiary/aromatic N) is 5. The number of anilines is 1. The first kappa shape index (κ1) is 21.7.